The third-order valence-electron chi connectivity index (χ3n) is 31.9. The van der Waals surface area contributed by atoms with Crippen LogP contribution in [0.4, 0.5) is 0 Å². The predicted molar refractivity (Wildman–Crippen MR) is 541 cm³/mol. The summed E-state index contributed by atoms with van der Waals surface area (Å²) >= 11 is 0. The minimum absolute atomic E-state index is 0.0469. The lowest BCUT2D eigenvalue weighted by molar-refractivity contribution is 0.395. The largest absolute Gasteiger partial charge is 0.455 e. The fourth-order valence-corrected chi connectivity index (χ4v) is 25.4. The topological polar surface area (TPSA) is 26.3 Å². The van der Waals surface area contributed by atoms with Gasteiger partial charge in [0.15, 0.2) is 0 Å². The Hall–Kier alpha value is -11.3. The quantitative estimate of drug-likeness (QED) is 0.0320. The standard InChI is InChI=1S/C125H126O2/c1-11-15-19-23-38-70-124(71-39-24-20-16-12-2)103-49-35-30-44-91(103)94-68-63-89(78-108(94)124)88-62-67-93-92-66-61-87(76-104(92)121(5,6)105(93)77-88)84-55-59-86(60-56-84)101-80-109-112(114-98-46-32-36-50-110(98)126-119(101)114)97-65-52-81(75-107(97)125(109,72-40-25-21-17-13-3)73-41-26-22-18-14-4)74-100(85-57-53-83(54-58-85)82-42-28-27-29-43-82)90-64-69-96-106(79-90)123(9,10)117-113(96)115-99-47-33-37-51-111(99)127-120(115)116-95-45-31-34-48-102(95)122(7,8)118(116)117/h27-37,42-69,74-80,92,104H,11-26,38-41,70-73H2,1-10H3/b100-74+. The lowest BCUT2D eigenvalue weighted by Gasteiger charge is -2.33. The van der Waals surface area contributed by atoms with Gasteiger partial charge in [0.2, 0.25) is 0 Å². The van der Waals surface area contributed by atoms with E-state index in [0.717, 1.165) is 35.2 Å². The first-order valence-electron chi connectivity index (χ1n) is 49.3. The molecular weight excluding hydrogens is 1530 g/mol. The molecule has 0 saturated heterocycles. The molecule has 6 aliphatic carbocycles. The molecule has 2 unspecified atom stereocenters. The van der Waals surface area contributed by atoms with Crippen molar-refractivity contribution in [2.45, 2.75) is 256 Å². The third kappa shape index (κ3) is 13.7. The molecule has 2 aromatic heterocycles. The number of rotatable bonds is 31. The van der Waals surface area contributed by atoms with Crippen LogP contribution in [-0.2, 0) is 27.1 Å². The minimum Gasteiger partial charge on any atom is -0.455 e. The molecule has 0 aliphatic heterocycles. The van der Waals surface area contributed by atoms with Crippen LogP contribution in [0, 0.1) is 5.92 Å². The lowest BCUT2D eigenvalue weighted by Crippen LogP contribution is -2.26. The molecule has 0 saturated carbocycles. The second kappa shape index (κ2) is 33.4. The van der Waals surface area contributed by atoms with E-state index in [-0.39, 0.29) is 27.1 Å². The average molecular weight is 1660 g/mol. The maximum Gasteiger partial charge on any atom is 0.144 e. The summed E-state index contributed by atoms with van der Waals surface area (Å²) in [6.45, 7) is 24.3. The van der Waals surface area contributed by atoms with Crippen LogP contribution in [0.5, 0.6) is 0 Å². The van der Waals surface area contributed by atoms with E-state index in [9.17, 15) is 0 Å². The van der Waals surface area contributed by atoms with E-state index in [0.29, 0.717) is 11.8 Å². The molecule has 21 rings (SSSR count). The van der Waals surface area contributed by atoms with Gasteiger partial charge >= 0.3 is 0 Å². The summed E-state index contributed by atoms with van der Waals surface area (Å²) in [7, 11) is 0. The first-order valence-corrected chi connectivity index (χ1v) is 49.3. The highest BCUT2D eigenvalue weighted by Crippen LogP contribution is 2.66. The summed E-state index contributed by atoms with van der Waals surface area (Å²) in [5, 5.41) is 4.85. The third-order valence-corrected chi connectivity index (χ3v) is 31.9. The summed E-state index contributed by atoms with van der Waals surface area (Å²) in [5.41, 5.74) is 43.4. The van der Waals surface area contributed by atoms with Crippen molar-refractivity contribution in [2.24, 2.45) is 5.92 Å². The van der Waals surface area contributed by atoms with E-state index in [1.165, 1.54) is 319 Å². The van der Waals surface area contributed by atoms with Crippen LogP contribution in [-0.4, -0.2) is 0 Å². The predicted octanol–water partition coefficient (Wildman–Crippen LogP) is 36.3. The normalized spacial score (nSPS) is 16.9. The Balaban J connectivity index is 0.658. The Bertz CT molecular complexity index is 6820. The molecule has 2 atom stereocenters. The Morgan fingerprint density at radius 3 is 1.44 bits per heavy atom. The van der Waals surface area contributed by atoms with E-state index in [1.54, 1.807) is 11.1 Å². The zero-order valence-corrected chi connectivity index (χ0v) is 77.0. The van der Waals surface area contributed by atoms with Crippen LogP contribution >= 0.6 is 0 Å². The molecular formula is C125H126O2. The van der Waals surface area contributed by atoms with Crippen molar-refractivity contribution in [3.63, 3.8) is 0 Å². The SMILES string of the molecule is CCCCCCCC1(CCCCCCC)c2ccccc2-c2ccc(-c3ccc4c(c3)C(C)(C)C3C=C(c5ccc(-c6cc7c(c8c6oc6ccccc68)-c6ccc(/C=C(\c8ccc(-c9ccccc9)cc8)c8ccc9c(c8)C(C)(C)c8c%10c(c%11oc%12ccccc%12c%11c8-9)-c8ccccc8C%10(C)C)cc6C7(CCCCCCC)CCCCCCC)cc5)C=CC43)cc21. The van der Waals surface area contributed by atoms with Crippen LogP contribution in [0.1, 0.15) is 307 Å². The molecule has 2 heterocycles. The number of benzene rings is 13. The summed E-state index contributed by atoms with van der Waals surface area (Å²) in [6, 6.07) is 99.3. The molecule has 2 nitrogen and oxygen atoms in total. The molecule has 15 aromatic rings. The lowest BCUT2D eigenvalue weighted by atomic mass is 9.69. The van der Waals surface area contributed by atoms with E-state index in [2.05, 4.69) is 348 Å². The van der Waals surface area contributed by atoms with Crippen molar-refractivity contribution in [3.05, 3.63) is 351 Å². The van der Waals surface area contributed by atoms with Crippen LogP contribution in [0.25, 0.3) is 139 Å². The van der Waals surface area contributed by atoms with Crippen LogP contribution < -0.4 is 0 Å². The van der Waals surface area contributed by atoms with Gasteiger partial charge in [-0.05, 0) is 229 Å². The molecule has 0 spiro atoms. The van der Waals surface area contributed by atoms with Gasteiger partial charge in [-0.15, -0.1) is 0 Å². The first-order chi connectivity index (χ1) is 62.1. The van der Waals surface area contributed by atoms with E-state index in [4.69, 9.17) is 8.83 Å². The second-order valence-corrected chi connectivity index (χ2v) is 40.6. The maximum atomic E-state index is 7.40. The molecule has 0 bridgehead atoms. The zero-order chi connectivity index (χ0) is 86.5. The van der Waals surface area contributed by atoms with Gasteiger partial charge in [-0.3, -0.25) is 0 Å². The van der Waals surface area contributed by atoms with Gasteiger partial charge in [0.25, 0.3) is 0 Å². The molecule has 0 amide bonds. The number of para-hydroxylation sites is 2. The van der Waals surface area contributed by atoms with Crippen molar-refractivity contribution in [3.8, 4) is 77.9 Å². The monoisotopic (exact) mass is 1660 g/mol. The number of unbranched alkanes of at least 4 members (excludes halogenated alkanes) is 16. The van der Waals surface area contributed by atoms with E-state index >= 15 is 0 Å². The van der Waals surface area contributed by atoms with Gasteiger partial charge < -0.3 is 8.83 Å². The highest BCUT2D eigenvalue weighted by molar-refractivity contribution is 6.22. The zero-order valence-electron chi connectivity index (χ0n) is 77.0. The van der Waals surface area contributed by atoms with E-state index in [1.807, 2.05) is 0 Å². The molecule has 13 aromatic carbocycles. The molecule has 0 fully saturated rings. The van der Waals surface area contributed by atoms with Crippen LogP contribution in [0.3, 0.4) is 0 Å². The Labute approximate surface area is 755 Å². The van der Waals surface area contributed by atoms with Gasteiger partial charge in [-0.1, -0.05) is 440 Å². The first kappa shape index (κ1) is 82.6. The minimum atomic E-state index is -0.356. The number of allylic oxidation sites excluding steroid dienone is 4. The molecule has 2 heteroatoms. The number of furan rings is 2. The summed E-state index contributed by atoms with van der Waals surface area (Å²) in [5.74, 6) is 0.628. The highest BCUT2D eigenvalue weighted by atomic mass is 16.3. The Kier molecular flexibility index (Phi) is 21.7. The fraction of sp³-hybridized carbons (Fsp3) is 0.328. The molecule has 0 radical (unpaired) electrons. The smallest absolute Gasteiger partial charge is 0.144 e. The summed E-state index contributed by atoms with van der Waals surface area (Å²) in [6.07, 6.45) is 40.2. The van der Waals surface area contributed by atoms with Gasteiger partial charge in [-0.2, -0.15) is 0 Å². The van der Waals surface area contributed by atoms with Gasteiger partial charge in [0, 0.05) is 60.2 Å². The Morgan fingerprint density at radius 2 is 0.787 bits per heavy atom. The number of hydrogen-bond donors (Lipinski definition) is 0. The Morgan fingerprint density at radius 1 is 0.323 bits per heavy atom. The number of hydrogen-bond acceptors (Lipinski definition) is 2. The second-order valence-electron chi connectivity index (χ2n) is 40.6. The van der Waals surface area contributed by atoms with Crippen molar-refractivity contribution >= 4 is 61.1 Å². The molecule has 127 heavy (non-hydrogen) atoms. The van der Waals surface area contributed by atoms with Crippen molar-refractivity contribution in [2.75, 3.05) is 0 Å². The van der Waals surface area contributed by atoms with Gasteiger partial charge in [0.05, 0.1) is 0 Å². The maximum absolute atomic E-state index is 7.40. The van der Waals surface area contributed by atoms with Gasteiger partial charge in [0.1, 0.15) is 22.3 Å². The summed E-state index contributed by atoms with van der Waals surface area (Å²) < 4.78 is 14.6. The fourth-order valence-electron chi connectivity index (χ4n) is 25.4. The molecule has 0 N–H and O–H groups in total. The van der Waals surface area contributed by atoms with Crippen molar-refractivity contribution in [1.29, 1.82) is 0 Å². The van der Waals surface area contributed by atoms with Crippen LogP contribution in [0.15, 0.2) is 282 Å². The van der Waals surface area contributed by atoms with Crippen LogP contribution in [0.2, 0.25) is 0 Å². The molecule has 6 aliphatic rings. The van der Waals surface area contributed by atoms with E-state index < -0.39 is 0 Å². The van der Waals surface area contributed by atoms with Gasteiger partial charge in [-0.25, -0.2) is 0 Å². The summed E-state index contributed by atoms with van der Waals surface area (Å²) in [4.78, 5) is 0. The average Bonchev–Trinajstić information content (AvgIpc) is 1.49. The molecule has 638 valence electrons. The van der Waals surface area contributed by atoms with Crippen molar-refractivity contribution < 1.29 is 8.83 Å². The number of fused-ring (bicyclic) bond motifs is 25. The van der Waals surface area contributed by atoms with Crippen molar-refractivity contribution in [1.82, 2.24) is 0 Å². The highest BCUT2D eigenvalue weighted by Gasteiger charge is 2.51.